The quantitative estimate of drug-likeness (QED) is 0.328. The lowest BCUT2D eigenvalue weighted by atomic mass is 9.81. The highest BCUT2D eigenvalue weighted by atomic mass is 32.1. The first-order chi connectivity index (χ1) is 18.9. The number of fused-ring (bicyclic) bond motifs is 3. The van der Waals surface area contributed by atoms with Gasteiger partial charge in [0.05, 0.1) is 29.2 Å². The number of rotatable bonds is 7. The second-order valence-corrected chi connectivity index (χ2v) is 11.5. The Labute approximate surface area is 234 Å². The highest BCUT2D eigenvalue weighted by Gasteiger charge is 2.32. The molecule has 1 aromatic carbocycles. The maximum Gasteiger partial charge on any atom is 0.226 e. The van der Waals surface area contributed by atoms with E-state index in [4.69, 9.17) is 20.4 Å². The van der Waals surface area contributed by atoms with Crippen molar-refractivity contribution in [2.24, 2.45) is 0 Å². The van der Waals surface area contributed by atoms with E-state index in [0.717, 1.165) is 100 Å². The van der Waals surface area contributed by atoms with Gasteiger partial charge in [0, 0.05) is 29.7 Å². The molecule has 2 aliphatic rings. The predicted octanol–water partition coefficient (Wildman–Crippen LogP) is 7.68. The standard InChI is InChI=1S/C31H36FN5OS/c1-6-10-19-26(25(17(4)7-2)27-20(13-33)30(34)39-29(27)24(32)8-3)23-16-38-15-22(23)21-14-35-31(36-28(19)21)37-12-9-11-18(37)5/h8,14,18H,6-7,9-12,15-16,34H2,1-5H3/b24-8+,25-17+/t18-/m0/s1. The SMILES string of the molecule is C/C=C(/F)c1sc(N)c(C#N)c1/C(=C(\C)CC)c1c2c(c3cnc(N4CCC[C@@H]4C)nc3c1CCC)COC2. The number of nitrogens with two attached hydrogens (primary N) is 1. The zero-order valence-electron chi connectivity index (χ0n) is 23.4. The minimum Gasteiger partial charge on any atom is -0.389 e. The first-order valence-corrected chi connectivity index (χ1v) is 14.7. The van der Waals surface area contributed by atoms with Gasteiger partial charge in [0.2, 0.25) is 5.95 Å². The summed E-state index contributed by atoms with van der Waals surface area (Å²) in [6.07, 6.45) is 8.10. The monoisotopic (exact) mass is 545 g/mol. The highest BCUT2D eigenvalue weighted by molar-refractivity contribution is 7.17. The van der Waals surface area contributed by atoms with Crippen molar-refractivity contribution < 1.29 is 9.13 Å². The van der Waals surface area contributed by atoms with Gasteiger partial charge in [-0.3, -0.25) is 0 Å². The molecule has 2 N–H and O–H groups in total. The minimum atomic E-state index is -0.372. The number of hydrogen-bond donors (Lipinski definition) is 1. The fourth-order valence-corrected chi connectivity index (χ4v) is 7.00. The molecule has 0 amide bonds. The largest absolute Gasteiger partial charge is 0.389 e. The molecule has 1 atom stereocenters. The molecule has 0 saturated carbocycles. The van der Waals surface area contributed by atoms with E-state index in [1.807, 2.05) is 6.20 Å². The number of aryl methyl sites for hydroxylation is 1. The van der Waals surface area contributed by atoms with E-state index >= 15 is 4.39 Å². The molecule has 204 valence electrons. The van der Waals surface area contributed by atoms with E-state index in [1.165, 1.54) is 6.08 Å². The number of benzene rings is 1. The summed E-state index contributed by atoms with van der Waals surface area (Å²) >= 11 is 1.14. The Kier molecular flexibility index (Phi) is 7.75. The van der Waals surface area contributed by atoms with Crippen LogP contribution in [0.5, 0.6) is 0 Å². The number of nitrogens with zero attached hydrogens (tertiary/aromatic N) is 4. The molecule has 4 heterocycles. The van der Waals surface area contributed by atoms with Crippen molar-refractivity contribution in [3.8, 4) is 6.07 Å². The fourth-order valence-electron chi connectivity index (χ4n) is 6.01. The molecule has 1 fully saturated rings. The van der Waals surface area contributed by atoms with E-state index in [2.05, 4.69) is 38.7 Å². The van der Waals surface area contributed by atoms with Gasteiger partial charge in [-0.15, -0.1) is 11.3 Å². The van der Waals surface area contributed by atoms with Crippen LogP contribution in [0.2, 0.25) is 0 Å². The Morgan fingerprint density at radius 1 is 1.31 bits per heavy atom. The van der Waals surface area contributed by atoms with Crippen molar-refractivity contribution in [2.45, 2.75) is 86.0 Å². The maximum atomic E-state index is 15.4. The van der Waals surface area contributed by atoms with Gasteiger partial charge in [-0.2, -0.15) is 5.26 Å². The molecule has 0 aliphatic carbocycles. The van der Waals surface area contributed by atoms with Gasteiger partial charge in [-0.05, 0) is 74.3 Å². The Morgan fingerprint density at radius 2 is 2.08 bits per heavy atom. The number of halogens is 1. The van der Waals surface area contributed by atoms with Gasteiger partial charge >= 0.3 is 0 Å². The predicted molar refractivity (Wildman–Crippen MR) is 158 cm³/mol. The number of allylic oxidation sites excluding steroid dienone is 2. The average molecular weight is 546 g/mol. The molecule has 0 spiro atoms. The van der Waals surface area contributed by atoms with Crippen LogP contribution in [-0.2, 0) is 24.4 Å². The number of thiophene rings is 1. The van der Waals surface area contributed by atoms with Gasteiger partial charge < -0.3 is 15.4 Å². The Bertz CT molecular complexity index is 1550. The van der Waals surface area contributed by atoms with Gasteiger partial charge in [0.25, 0.3) is 0 Å². The number of ether oxygens (including phenoxy) is 1. The van der Waals surface area contributed by atoms with Crippen molar-refractivity contribution in [3.05, 3.63) is 56.1 Å². The van der Waals surface area contributed by atoms with Gasteiger partial charge in [0.15, 0.2) is 0 Å². The molecular formula is C31H36FN5OS. The summed E-state index contributed by atoms with van der Waals surface area (Å²) in [5.41, 5.74) is 14.4. The molecular weight excluding hydrogens is 509 g/mol. The second-order valence-electron chi connectivity index (χ2n) is 10.5. The van der Waals surface area contributed by atoms with Gasteiger partial charge in [-0.25, -0.2) is 14.4 Å². The van der Waals surface area contributed by atoms with Crippen LogP contribution < -0.4 is 10.6 Å². The number of hydrogen-bond acceptors (Lipinski definition) is 7. The lowest BCUT2D eigenvalue weighted by Crippen LogP contribution is -2.28. The fraction of sp³-hybridized carbons (Fsp3) is 0.452. The summed E-state index contributed by atoms with van der Waals surface area (Å²) in [5.74, 6) is 0.383. The summed E-state index contributed by atoms with van der Waals surface area (Å²) in [4.78, 5) is 12.7. The third-order valence-corrected chi connectivity index (χ3v) is 9.16. The van der Waals surface area contributed by atoms with E-state index < -0.39 is 0 Å². The van der Waals surface area contributed by atoms with Gasteiger partial charge in [0.1, 0.15) is 16.9 Å². The first kappa shape index (κ1) is 27.3. The molecule has 3 aromatic rings. The van der Waals surface area contributed by atoms with Crippen molar-refractivity contribution in [2.75, 3.05) is 17.2 Å². The van der Waals surface area contributed by atoms with Crippen molar-refractivity contribution in [3.63, 3.8) is 0 Å². The number of nitriles is 1. The van der Waals surface area contributed by atoms with Crippen LogP contribution in [0.4, 0.5) is 15.3 Å². The molecule has 2 aliphatic heterocycles. The molecule has 0 radical (unpaired) electrons. The molecule has 5 rings (SSSR count). The van der Waals surface area contributed by atoms with Gasteiger partial charge in [-0.1, -0.05) is 31.9 Å². The van der Waals surface area contributed by atoms with Crippen LogP contribution >= 0.6 is 11.3 Å². The third kappa shape index (κ3) is 4.52. The molecule has 39 heavy (non-hydrogen) atoms. The van der Waals surface area contributed by atoms with Crippen molar-refractivity contribution in [1.82, 2.24) is 9.97 Å². The minimum absolute atomic E-state index is 0.333. The molecule has 0 bridgehead atoms. The Balaban J connectivity index is 1.91. The third-order valence-electron chi connectivity index (χ3n) is 8.13. The molecule has 1 saturated heterocycles. The van der Waals surface area contributed by atoms with Crippen molar-refractivity contribution >= 4 is 44.6 Å². The smallest absolute Gasteiger partial charge is 0.226 e. The average Bonchev–Trinajstić information content (AvgIpc) is 3.68. The topological polar surface area (TPSA) is 88.1 Å². The van der Waals surface area contributed by atoms with Crippen LogP contribution in [-0.4, -0.2) is 22.6 Å². The van der Waals surface area contributed by atoms with Crippen LogP contribution in [0.25, 0.3) is 22.3 Å². The lowest BCUT2D eigenvalue weighted by Gasteiger charge is -2.25. The number of aromatic nitrogens is 2. The summed E-state index contributed by atoms with van der Waals surface area (Å²) in [7, 11) is 0. The van der Waals surface area contributed by atoms with Crippen LogP contribution in [0.15, 0.2) is 17.8 Å². The van der Waals surface area contributed by atoms with Crippen molar-refractivity contribution in [1.29, 1.82) is 5.26 Å². The van der Waals surface area contributed by atoms with E-state index in [9.17, 15) is 5.26 Å². The van der Waals surface area contributed by atoms with Crippen LogP contribution in [0.3, 0.4) is 0 Å². The van der Waals surface area contributed by atoms with Crippen LogP contribution in [0, 0.1) is 11.3 Å². The van der Waals surface area contributed by atoms with Crippen LogP contribution in [0.1, 0.15) is 98.6 Å². The zero-order chi connectivity index (χ0) is 27.8. The second kappa shape index (κ2) is 11.1. The van der Waals surface area contributed by atoms with E-state index in [1.54, 1.807) is 6.92 Å². The molecule has 8 heteroatoms. The first-order valence-electron chi connectivity index (χ1n) is 13.9. The van der Waals surface area contributed by atoms with E-state index in [-0.39, 0.29) is 5.83 Å². The molecule has 2 aromatic heterocycles. The molecule has 6 nitrogen and oxygen atoms in total. The zero-order valence-corrected chi connectivity index (χ0v) is 24.3. The summed E-state index contributed by atoms with van der Waals surface area (Å²) in [6, 6.07) is 2.69. The number of nitrogen functional groups attached to an aromatic ring is 1. The Hall–Kier alpha value is -3.28. The highest BCUT2D eigenvalue weighted by Crippen LogP contribution is 2.48. The summed E-state index contributed by atoms with van der Waals surface area (Å²) in [5, 5.41) is 11.5. The number of anilines is 2. The Morgan fingerprint density at radius 3 is 2.72 bits per heavy atom. The molecule has 0 unspecified atom stereocenters. The van der Waals surface area contributed by atoms with E-state index in [0.29, 0.717) is 40.3 Å². The normalized spacial score (nSPS) is 18.0. The summed E-state index contributed by atoms with van der Waals surface area (Å²) < 4.78 is 21.4. The summed E-state index contributed by atoms with van der Waals surface area (Å²) in [6.45, 7) is 12.1. The maximum absolute atomic E-state index is 15.4. The lowest BCUT2D eigenvalue weighted by molar-refractivity contribution is 0.135.